The van der Waals surface area contributed by atoms with Gasteiger partial charge in [-0.25, -0.2) is 13.6 Å². The molecule has 0 radical (unpaired) electrons. The van der Waals surface area contributed by atoms with Gasteiger partial charge in [0.05, 0.1) is 18.2 Å². The number of benzene rings is 2. The number of amides is 1. The molecule has 2 saturated heterocycles. The second-order valence-corrected chi connectivity index (χ2v) is 12.7. The van der Waals surface area contributed by atoms with Gasteiger partial charge in [0.2, 0.25) is 0 Å². The molecule has 2 fully saturated rings. The summed E-state index contributed by atoms with van der Waals surface area (Å²) in [5.74, 6) is -1.15. The van der Waals surface area contributed by atoms with Crippen LogP contribution in [0, 0.1) is 11.6 Å². The summed E-state index contributed by atoms with van der Waals surface area (Å²) in [6, 6.07) is 6.94. The molecule has 2 aromatic heterocycles. The van der Waals surface area contributed by atoms with E-state index in [0.29, 0.717) is 49.5 Å². The van der Waals surface area contributed by atoms with Crippen LogP contribution in [0.4, 0.5) is 39.9 Å². The van der Waals surface area contributed by atoms with Gasteiger partial charge < -0.3 is 24.0 Å². The molecule has 2 aliphatic rings. The fourth-order valence-electron chi connectivity index (χ4n) is 6.70. The van der Waals surface area contributed by atoms with Crippen LogP contribution in [0.1, 0.15) is 71.3 Å². The number of hydrogen-bond donors (Lipinski definition) is 3. The molecule has 0 unspecified atom stereocenters. The topological polar surface area (TPSA) is 134 Å². The van der Waals surface area contributed by atoms with Crippen LogP contribution in [0.25, 0.3) is 0 Å². The zero-order chi connectivity index (χ0) is 37.8. The molecule has 4 atom stereocenters. The first kappa shape index (κ1) is 38.4. The van der Waals surface area contributed by atoms with Gasteiger partial charge in [-0.15, -0.1) is 0 Å². The third-order valence-corrected chi connectivity index (χ3v) is 9.03. The second-order valence-electron chi connectivity index (χ2n) is 12.7. The van der Waals surface area contributed by atoms with Gasteiger partial charge in [0.15, 0.2) is 0 Å². The minimum absolute atomic E-state index is 0.00109. The van der Waals surface area contributed by atoms with E-state index in [4.69, 9.17) is 13.8 Å². The summed E-state index contributed by atoms with van der Waals surface area (Å²) in [4.78, 5) is 36.0. The number of alkyl halides is 6. The van der Waals surface area contributed by atoms with E-state index in [1.807, 2.05) is 0 Å². The van der Waals surface area contributed by atoms with Crippen LogP contribution in [0.3, 0.4) is 0 Å². The van der Waals surface area contributed by atoms with E-state index in [2.05, 4.69) is 15.6 Å². The first-order valence-corrected chi connectivity index (χ1v) is 16.2. The van der Waals surface area contributed by atoms with Crippen molar-refractivity contribution in [3.63, 3.8) is 0 Å². The number of H-pyrrole nitrogens is 2. The first-order valence-electron chi connectivity index (χ1n) is 16.2. The van der Waals surface area contributed by atoms with Gasteiger partial charge in [-0.1, -0.05) is 0 Å². The number of nitrogens with zero attached hydrogens (tertiary/aromatic N) is 1. The van der Waals surface area contributed by atoms with E-state index in [9.17, 15) is 49.5 Å². The van der Waals surface area contributed by atoms with E-state index in [1.54, 1.807) is 0 Å². The Bertz CT molecular complexity index is 1950. The fourth-order valence-corrected chi connectivity index (χ4v) is 6.70. The lowest BCUT2D eigenvalue weighted by molar-refractivity contribution is -0.138. The maximum atomic E-state index is 13.7. The standard InChI is InChI=1S/C18H18F4N2O4.C16H16F4N2O2/c1-27-17(26)24-3-2-11(15-9-16(25)23-28-15)7-14(24)6-10-4-12(18(20,21)22)8-13(19)5-10;17-12-4-9(3-11(7-12)16(18,19)20)5-13-6-10(1-2-21-13)14-8-15(23)22-24-14/h4-5,8-9,11,14H,2-3,6-7H2,1H3,(H,23,25);3-4,7-8,10,13,21H,1-2,5-6H2,(H,22,23)/t11-,14-;10-,13-/m00/s1. The van der Waals surface area contributed by atoms with Crippen molar-refractivity contribution < 1.29 is 53.7 Å². The average Bonchev–Trinajstić information content (AvgIpc) is 3.71. The van der Waals surface area contributed by atoms with Crippen LogP contribution < -0.4 is 16.4 Å². The number of hydrogen-bond acceptors (Lipinski definition) is 7. The predicted octanol–water partition coefficient (Wildman–Crippen LogP) is 6.89. The minimum Gasteiger partial charge on any atom is -0.453 e. The maximum absolute atomic E-state index is 13.7. The van der Waals surface area contributed by atoms with Gasteiger partial charge >= 0.3 is 18.4 Å². The lowest BCUT2D eigenvalue weighted by Crippen LogP contribution is -2.46. The number of ether oxygens (including phenoxy) is 1. The van der Waals surface area contributed by atoms with Crippen LogP contribution in [-0.2, 0) is 29.9 Å². The molecule has 1 amide bonds. The number of carbonyl (C=O) groups is 1. The zero-order valence-corrected chi connectivity index (χ0v) is 27.5. The van der Waals surface area contributed by atoms with Crippen molar-refractivity contribution in [2.75, 3.05) is 20.2 Å². The number of nitrogens with one attached hydrogen (secondary N) is 3. The Morgan fingerprint density at radius 1 is 0.769 bits per heavy atom. The third kappa shape index (κ3) is 9.92. The molecule has 2 aromatic carbocycles. The zero-order valence-electron chi connectivity index (χ0n) is 27.5. The highest BCUT2D eigenvalue weighted by molar-refractivity contribution is 5.68. The smallest absolute Gasteiger partial charge is 0.416 e. The Morgan fingerprint density at radius 3 is 1.77 bits per heavy atom. The van der Waals surface area contributed by atoms with E-state index < -0.39 is 52.8 Å². The van der Waals surface area contributed by atoms with Crippen LogP contribution in [0.2, 0.25) is 0 Å². The normalized spacial score (nSPS) is 21.0. The summed E-state index contributed by atoms with van der Waals surface area (Å²) in [7, 11) is 1.21. The lowest BCUT2D eigenvalue weighted by atomic mass is 9.86. The van der Waals surface area contributed by atoms with Crippen molar-refractivity contribution in [1.29, 1.82) is 0 Å². The molecule has 3 N–H and O–H groups in total. The van der Waals surface area contributed by atoms with Gasteiger partial charge in [0.25, 0.3) is 11.1 Å². The number of aromatic nitrogens is 2. The lowest BCUT2D eigenvalue weighted by Gasteiger charge is -2.38. The summed E-state index contributed by atoms with van der Waals surface area (Å²) in [5, 5.41) is 7.65. The number of rotatable bonds is 6. The second kappa shape index (κ2) is 15.8. The third-order valence-electron chi connectivity index (χ3n) is 9.03. The van der Waals surface area contributed by atoms with Crippen LogP contribution >= 0.6 is 0 Å². The Hall–Kier alpha value is -4.87. The summed E-state index contributed by atoms with van der Waals surface area (Å²) in [6.45, 7) is 0.907. The van der Waals surface area contributed by atoms with Gasteiger partial charge in [-0.05, 0) is 92.6 Å². The van der Waals surface area contributed by atoms with E-state index in [1.165, 1.54) is 24.1 Å². The molecule has 0 spiro atoms. The molecule has 6 rings (SSSR count). The fraction of sp³-hybridized carbons (Fsp3) is 0.441. The molecule has 52 heavy (non-hydrogen) atoms. The molecule has 282 valence electrons. The number of halogens is 8. The van der Waals surface area contributed by atoms with Crippen LogP contribution in [0.15, 0.2) is 67.2 Å². The van der Waals surface area contributed by atoms with Crippen molar-refractivity contribution in [1.82, 2.24) is 20.5 Å². The van der Waals surface area contributed by atoms with Crippen molar-refractivity contribution in [2.24, 2.45) is 0 Å². The van der Waals surface area contributed by atoms with Crippen LogP contribution in [0.5, 0.6) is 0 Å². The number of methoxy groups -OCH3 is 1. The van der Waals surface area contributed by atoms with Crippen molar-refractivity contribution in [3.8, 4) is 0 Å². The largest absolute Gasteiger partial charge is 0.453 e. The molecule has 18 heteroatoms. The van der Waals surface area contributed by atoms with Gasteiger partial charge in [0.1, 0.15) is 23.2 Å². The van der Waals surface area contributed by atoms with Crippen molar-refractivity contribution >= 4 is 6.09 Å². The van der Waals surface area contributed by atoms with Gasteiger partial charge in [-0.2, -0.15) is 36.7 Å². The molecular formula is C34H34F8N4O6. The Kier molecular flexibility index (Phi) is 11.7. The Morgan fingerprint density at radius 2 is 1.29 bits per heavy atom. The van der Waals surface area contributed by atoms with E-state index >= 15 is 0 Å². The Labute approximate surface area is 290 Å². The summed E-state index contributed by atoms with van der Waals surface area (Å²) in [5.41, 5.74) is -2.39. The summed E-state index contributed by atoms with van der Waals surface area (Å²) >= 11 is 0. The molecule has 10 nitrogen and oxygen atoms in total. The molecule has 0 saturated carbocycles. The first-order chi connectivity index (χ1) is 24.5. The number of carbonyl (C=O) groups excluding carboxylic acids is 1. The van der Waals surface area contributed by atoms with E-state index in [-0.39, 0.29) is 54.0 Å². The average molecular weight is 747 g/mol. The van der Waals surface area contributed by atoms with E-state index in [0.717, 1.165) is 30.7 Å². The summed E-state index contributed by atoms with van der Waals surface area (Å²) < 4.78 is 119. The SMILES string of the molecule is COC(=O)N1CC[C@H](c2cc(=O)[nH]o2)C[C@@H]1Cc1cc(F)cc(C(F)(F)F)c1.O=c1cc([C@H]2CCN[C@@H](Cc3cc(F)cc(C(F)(F)F)c3)C2)o[nH]1. The molecule has 0 bridgehead atoms. The number of likely N-dealkylation sites (tertiary alicyclic amines) is 1. The quantitative estimate of drug-likeness (QED) is 0.183. The Balaban J connectivity index is 0.000000203. The molecule has 0 aliphatic carbocycles. The monoisotopic (exact) mass is 746 g/mol. The number of piperidine rings is 2. The maximum Gasteiger partial charge on any atom is 0.416 e. The highest BCUT2D eigenvalue weighted by Gasteiger charge is 2.36. The highest BCUT2D eigenvalue weighted by atomic mass is 19.4. The molecular weight excluding hydrogens is 712 g/mol. The minimum atomic E-state index is -4.68. The van der Waals surface area contributed by atoms with Gasteiger partial charge in [0, 0.05) is 42.6 Å². The molecule has 4 aromatic rings. The predicted molar refractivity (Wildman–Crippen MR) is 168 cm³/mol. The van der Waals surface area contributed by atoms with Crippen molar-refractivity contribution in [3.05, 3.63) is 115 Å². The molecule has 2 aliphatic heterocycles. The van der Waals surface area contributed by atoms with Crippen molar-refractivity contribution in [2.45, 2.75) is 74.8 Å². The number of aromatic amines is 2. The summed E-state index contributed by atoms with van der Waals surface area (Å²) in [6.07, 6.45) is -7.43. The highest BCUT2D eigenvalue weighted by Crippen LogP contribution is 2.36. The van der Waals surface area contributed by atoms with Crippen LogP contribution in [-0.4, -0.2) is 53.6 Å². The van der Waals surface area contributed by atoms with Gasteiger partial charge in [-0.3, -0.25) is 9.59 Å². The molecule has 4 heterocycles.